The van der Waals surface area contributed by atoms with E-state index in [1.807, 2.05) is 4.68 Å². The SMILES string of the molecule is CC(C)CCc1c(CN)nnn1CCCO. The van der Waals surface area contributed by atoms with Crippen LogP contribution < -0.4 is 5.73 Å². The fourth-order valence-corrected chi connectivity index (χ4v) is 1.63. The molecular weight excluding hydrogens is 204 g/mol. The first-order valence-corrected chi connectivity index (χ1v) is 5.91. The lowest BCUT2D eigenvalue weighted by atomic mass is 10.1. The molecular formula is C11H22N4O. The molecule has 92 valence electrons. The Balaban J connectivity index is 2.71. The first kappa shape index (κ1) is 13.1. The van der Waals surface area contributed by atoms with Gasteiger partial charge in [0.25, 0.3) is 0 Å². The molecule has 3 N–H and O–H groups in total. The molecule has 0 amide bonds. The Morgan fingerprint density at radius 3 is 2.75 bits per heavy atom. The highest BCUT2D eigenvalue weighted by Gasteiger charge is 2.11. The summed E-state index contributed by atoms with van der Waals surface area (Å²) in [7, 11) is 0. The van der Waals surface area contributed by atoms with E-state index in [2.05, 4.69) is 24.2 Å². The third kappa shape index (κ3) is 3.57. The van der Waals surface area contributed by atoms with Gasteiger partial charge < -0.3 is 10.8 Å². The van der Waals surface area contributed by atoms with E-state index in [1.165, 1.54) is 0 Å². The summed E-state index contributed by atoms with van der Waals surface area (Å²) in [5.41, 5.74) is 7.65. The normalized spacial score (nSPS) is 11.3. The smallest absolute Gasteiger partial charge is 0.0994 e. The molecule has 0 aromatic carbocycles. The third-order valence-corrected chi connectivity index (χ3v) is 2.60. The molecule has 0 saturated carbocycles. The van der Waals surface area contributed by atoms with E-state index in [1.54, 1.807) is 0 Å². The summed E-state index contributed by atoms with van der Waals surface area (Å²) in [6, 6.07) is 0. The van der Waals surface area contributed by atoms with E-state index >= 15 is 0 Å². The van der Waals surface area contributed by atoms with Crippen molar-refractivity contribution in [3.8, 4) is 0 Å². The monoisotopic (exact) mass is 226 g/mol. The molecule has 1 aromatic heterocycles. The van der Waals surface area contributed by atoms with Crippen molar-refractivity contribution in [2.24, 2.45) is 11.7 Å². The lowest BCUT2D eigenvalue weighted by Crippen LogP contribution is -2.10. The minimum Gasteiger partial charge on any atom is -0.396 e. The maximum absolute atomic E-state index is 8.81. The summed E-state index contributed by atoms with van der Waals surface area (Å²) in [6.45, 7) is 5.73. The van der Waals surface area contributed by atoms with Crippen molar-refractivity contribution in [2.75, 3.05) is 6.61 Å². The Kier molecular flexibility index (Phi) is 5.42. The molecule has 0 radical (unpaired) electrons. The first-order chi connectivity index (χ1) is 7.69. The highest BCUT2D eigenvalue weighted by molar-refractivity contribution is 5.10. The molecule has 0 aliphatic heterocycles. The van der Waals surface area contributed by atoms with Gasteiger partial charge in [0.1, 0.15) is 0 Å². The second-order valence-corrected chi connectivity index (χ2v) is 4.42. The van der Waals surface area contributed by atoms with Crippen molar-refractivity contribution < 1.29 is 5.11 Å². The number of hydrogen-bond acceptors (Lipinski definition) is 4. The van der Waals surface area contributed by atoms with Crippen LogP contribution in [-0.4, -0.2) is 26.7 Å². The van der Waals surface area contributed by atoms with Crippen LogP contribution in [0.25, 0.3) is 0 Å². The lowest BCUT2D eigenvalue weighted by molar-refractivity contribution is 0.275. The molecule has 0 fully saturated rings. The number of nitrogens with zero attached hydrogens (tertiary/aromatic N) is 3. The Labute approximate surface area is 96.6 Å². The number of aliphatic hydroxyl groups is 1. The van der Waals surface area contributed by atoms with Crippen LogP contribution in [0.5, 0.6) is 0 Å². The van der Waals surface area contributed by atoms with Crippen LogP contribution in [0, 0.1) is 5.92 Å². The Hall–Kier alpha value is -0.940. The summed E-state index contributed by atoms with van der Waals surface area (Å²) in [6.07, 6.45) is 2.78. The second kappa shape index (κ2) is 6.60. The predicted octanol–water partition coefficient (Wildman–Crippen LogP) is 0.708. The molecule has 1 rings (SSSR count). The Bertz CT molecular complexity index is 309. The largest absolute Gasteiger partial charge is 0.396 e. The van der Waals surface area contributed by atoms with Gasteiger partial charge in [-0.05, 0) is 25.2 Å². The van der Waals surface area contributed by atoms with Gasteiger partial charge in [-0.15, -0.1) is 5.10 Å². The second-order valence-electron chi connectivity index (χ2n) is 4.42. The van der Waals surface area contributed by atoms with Crippen molar-refractivity contribution >= 4 is 0 Å². The van der Waals surface area contributed by atoms with Crippen molar-refractivity contribution in [3.63, 3.8) is 0 Å². The number of aromatic nitrogens is 3. The van der Waals surface area contributed by atoms with Gasteiger partial charge in [0.15, 0.2) is 0 Å². The molecule has 0 spiro atoms. The van der Waals surface area contributed by atoms with E-state index in [-0.39, 0.29) is 6.61 Å². The Morgan fingerprint density at radius 1 is 1.44 bits per heavy atom. The average Bonchev–Trinajstić information content (AvgIpc) is 2.65. The summed E-state index contributed by atoms with van der Waals surface area (Å²) in [5.74, 6) is 0.659. The van der Waals surface area contributed by atoms with Crippen molar-refractivity contribution in [3.05, 3.63) is 11.4 Å². The molecule has 1 aromatic rings. The number of aliphatic hydroxyl groups excluding tert-OH is 1. The number of nitrogens with two attached hydrogens (primary N) is 1. The lowest BCUT2D eigenvalue weighted by Gasteiger charge is -2.08. The first-order valence-electron chi connectivity index (χ1n) is 5.91. The van der Waals surface area contributed by atoms with Gasteiger partial charge in [-0.3, -0.25) is 0 Å². The third-order valence-electron chi connectivity index (χ3n) is 2.60. The van der Waals surface area contributed by atoms with Gasteiger partial charge in [-0.1, -0.05) is 19.1 Å². The predicted molar refractivity (Wildman–Crippen MR) is 62.8 cm³/mol. The minimum atomic E-state index is 0.182. The zero-order valence-corrected chi connectivity index (χ0v) is 10.2. The average molecular weight is 226 g/mol. The van der Waals surface area contributed by atoms with Gasteiger partial charge in [-0.25, -0.2) is 4.68 Å². The molecule has 0 saturated heterocycles. The summed E-state index contributed by atoms with van der Waals surface area (Å²) < 4.78 is 1.88. The molecule has 5 nitrogen and oxygen atoms in total. The van der Waals surface area contributed by atoms with Gasteiger partial charge in [0.05, 0.1) is 11.4 Å². The van der Waals surface area contributed by atoms with E-state index < -0.39 is 0 Å². The molecule has 0 aliphatic rings. The van der Waals surface area contributed by atoms with Crippen molar-refractivity contribution in [1.29, 1.82) is 0 Å². The molecule has 0 bridgehead atoms. The van der Waals surface area contributed by atoms with Crippen LogP contribution in [0.4, 0.5) is 0 Å². The van der Waals surface area contributed by atoms with Crippen LogP contribution >= 0.6 is 0 Å². The zero-order valence-electron chi connectivity index (χ0n) is 10.2. The maximum Gasteiger partial charge on any atom is 0.0994 e. The Morgan fingerprint density at radius 2 is 2.19 bits per heavy atom. The topological polar surface area (TPSA) is 77.0 Å². The fourth-order valence-electron chi connectivity index (χ4n) is 1.63. The molecule has 5 heteroatoms. The van der Waals surface area contributed by atoms with Gasteiger partial charge in [-0.2, -0.15) is 0 Å². The highest BCUT2D eigenvalue weighted by atomic mass is 16.3. The fraction of sp³-hybridized carbons (Fsp3) is 0.818. The van der Waals surface area contributed by atoms with Crippen LogP contribution in [0.1, 0.15) is 38.1 Å². The van der Waals surface area contributed by atoms with Gasteiger partial charge in [0.2, 0.25) is 0 Å². The highest BCUT2D eigenvalue weighted by Crippen LogP contribution is 2.12. The quantitative estimate of drug-likeness (QED) is 0.717. The number of aryl methyl sites for hydroxylation is 1. The standard InChI is InChI=1S/C11H22N4O/c1-9(2)4-5-11-10(8-12)13-14-15(11)6-3-7-16/h9,16H,3-8,12H2,1-2H3. The summed E-state index contributed by atoms with van der Waals surface area (Å²) in [5, 5.41) is 17.0. The zero-order chi connectivity index (χ0) is 12.0. The van der Waals surface area contributed by atoms with Gasteiger partial charge in [0, 0.05) is 19.7 Å². The van der Waals surface area contributed by atoms with Crippen molar-refractivity contribution in [1.82, 2.24) is 15.0 Å². The van der Waals surface area contributed by atoms with E-state index in [4.69, 9.17) is 10.8 Å². The molecule has 16 heavy (non-hydrogen) atoms. The van der Waals surface area contributed by atoms with Crippen LogP contribution in [-0.2, 0) is 19.5 Å². The van der Waals surface area contributed by atoms with Crippen LogP contribution in [0.3, 0.4) is 0 Å². The number of rotatable bonds is 7. The summed E-state index contributed by atoms with van der Waals surface area (Å²) >= 11 is 0. The number of hydrogen-bond donors (Lipinski definition) is 2. The van der Waals surface area contributed by atoms with E-state index in [0.29, 0.717) is 18.9 Å². The van der Waals surface area contributed by atoms with Crippen molar-refractivity contribution in [2.45, 2.75) is 46.2 Å². The van der Waals surface area contributed by atoms with Crippen LogP contribution in [0.15, 0.2) is 0 Å². The van der Waals surface area contributed by atoms with E-state index in [0.717, 1.165) is 30.8 Å². The summed E-state index contributed by atoms with van der Waals surface area (Å²) in [4.78, 5) is 0. The van der Waals surface area contributed by atoms with Crippen LogP contribution in [0.2, 0.25) is 0 Å². The molecule has 1 heterocycles. The maximum atomic E-state index is 8.81. The van der Waals surface area contributed by atoms with Gasteiger partial charge >= 0.3 is 0 Å². The molecule has 0 unspecified atom stereocenters. The minimum absolute atomic E-state index is 0.182. The molecule has 0 aliphatic carbocycles. The molecule has 0 atom stereocenters. The van der Waals surface area contributed by atoms with E-state index in [9.17, 15) is 0 Å².